The Bertz CT molecular complexity index is 172. The molecule has 0 N–H and O–H groups in total. The van der Waals surface area contributed by atoms with Crippen molar-refractivity contribution in [3.8, 4) is 0 Å². The van der Waals surface area contributed by atoms with Crippen molar-refractivity contribution >= 4 is 28.3 Å². The molecule has 1 aliphatic heterocycles. The fraction of sp³-hybridized carbons (Fsp3) is 0. The van der Waals surface area contributed by atoms with E-state index < -0.39 is 0 Å². The summed E-state index contributed by atoms with van der Waals surface area (Å²) in [6.07, 6.45) is 0. The van der Waals surface area contributed by atoms with Crippen LogP contribution in [0.25, 0.3) is 0 Å². The molecule has 0 bridgehead atoms. The quantitative estimate of drug-likeness (QED) is 0.504. The molecule has 0 amide bonds. The third-order valence-corrected chi connectivity index (χ3v) is 4.45. The molecule has 0 saturated carbocycles. The van der Waals surface area contributed by atoms with E-state index in [4.69, 9.17) is 0 Å². The summed E-state index contributed by atoms with van der Waals surface area (Å²) in [5.41, 5.74) is 0. The van der Waals surface area contributed by atoms with Gasteiger partial charge in [-0.3, -0.25) is 0 Å². The minimum absolute atomic E-state index is 0.0131. The van der Waals surface area contributed by atoms with Gasteiger partial charge in [-0.15, -0.1) is 0 Å². The van der Waals surface area contributed by atoms with Gasteiger partial charge in [0.15, 0.2) is 0 Å². The van der Waals surface area contributed by atoms with Crippen molar-refractivity contribution in [1.29, 1.82) is 0 Å². The Morgan fingerprint density at radius 3 is 2.00 bits per heavy atom. The number of rotatable bonds is 0. The fourth-order valence-corrected chi connectivity index (χ4v) is 2.83. The monoisotopic (exact) mass is 196 g/mol. The van der Waals surface area contributed by atoms with Crippen LogP contribution in [0.5, 0.6) is 0 Å². The topological polar surface area (TPSA) is 0 Å². The third-order valence-electron chi connectivity index (χ3n) is 1.13. The molecular weight excluding hydrogens is 191 g/mol. The normalized spacial score (nSPS) is 13.1. The van der Waals surface area contributed by atoms with Crippen molar-refractivity contribution in [3.05, 3.63) is 24.3 Å². The van der Waals surface area contributed by atoms with E-state index in [1.54, 1.807) is 7.16 Å². The van der Waals surface area contributed by atoms with Crippen LogP contribution in [0.4, 0.5) is 0 Å². The number of benzene rings is 1. The van der Waals surface area contributed by atoms with Crippen LogP contribution in [0, 0.1) is 0 Å². The van der Waals surface area contributed by atoms with E-state index in [1.165, 1.54) is 0 Å². The average molecular weight is 195 g/mol. The Kier molecular flexibility index (Phi) is 0.705. The summed E-state index contributed by atoms with van der Waals surface area (Å²) < 4.78 is 3.40. The summed E-state index contributed by atoms with van der Waals surface area (Å²) in [5, 5.41) is 0. The molecule has 7 heavy (non-hydrogen) atoms. The van der Waals surface area contributed by atoms with Crippen molar-refractivity contribution in [2.24, 2.45) is 0 Å². The molecule has 0 fully saturated rings. The Morgan fingerprint density at radius 2 is 1.57 bits per heavy atom. The van der Waals surface area contributed by atoms with Gasteiger partial charge in [-0.1, -0.05) is 0 Å². The molecule has 1 aromatic rings. The van der Waals surface area contributed by atoms with Gasteiger partial charge in [0.2, 0.25) is 0 Å². The Labute approximate surface area is 52.8 Å². The van der Waals surface area contributed by atoms with Crippen LogP contribution in [0.15, 0.2) is 24.3 Å². The van der Waals surface area contributed by atoms with E-state index in [0.717, 1.165) is 0 Å². The van der Waals surface area contributed by atoms with Gasteiger partial charge < -0.3 is 0 Å². The van der Waals surface area contributed by atoms with Gasteiger partial charge in [-0.2, -0.15) is 0 Å². The average Bonchev–Trinajstić information content (AvgIpc) is 2.41. The van der Waals surface area contributed by atoms with Crippen LogP contribution in [0.2, 0.25) is 0 Å². The number of fused-ring (bicyclic) bond motifs is 1. The zero-order valence-electron chi connectivity index (χ0n) is 3.81. The van der Waals surface area contributed by atoms with Gasteiger partial charge in [0.1, 0.15) is 0 Å². The summed E-state index contributed by atoms with van der Waals surface area (Å²) in [5.74, 6) is 0. The summed E-state index contributed by atoms with van der Waals surface area (Å²) in [4.78, 5) is 0. The molecule has 1 heterocycles. The summed E-state index contributed by atoms with van der Waals surface area (Å²) in [6.45, 7) is 0. The van der Waals surface area contributed by atoms with Gasteiger partial charge in [0.25, 0.3) is 0 Å². The van der Waals surface area contributed by atoms with Crippen LogP contribution in [0.1, 0.15) is 0 Å². The number of hydrogen-bond donors (Lipinski definition) is 0. The van der Waals surface area contributed by atoms with Gasteiger partial charge in [-0.25, -0.2) is 0 Å². The Hall–Kier alpha value is 0.0187. The predicted octanol–water partition coefficient (Wildman–Crippen LogP) is -0.345. The molecule has 1 aliphatic rings. The van der Waals surface area contributed by atoms with Gasteiger partial charge >= 0.3 is 52.6 Å². The van der Waals surface area contributed by atoms with Crippen molar-refractivity contribution in [2.75, 3.05) is 0 Å². The minimum atomic E-state index is -0.0131. The molecule has 0 atom stereocenters. The maximum absolute atomic E-state index is 2.25. The molecule has 0 unspecified atom stereocenters. The van der Waals surface area contributed by atoms with Gasteiger partial charge in [0, 0.05) is 0 Å². The van der Waals surface area contributed by atoms with Crippen molar-refractivity contribution in [2.45, 2.75) is 0 Å². The first-order valence-electron chi connectivity index (χ1n) is 2.33. The molecule has 2 rings (SSSR count). The van der Waals surface area contributed by atoms with Gasteiger partial charge in [0.05, 0.1) is 0 Å². The van der Waals surface area contributed by atoms with Crippen LogP contribution in [0.3, 0.4) is 0 Å². The van der Waals surface area contributed by atoms with Crippen LogP contribution in [-0.4, -0.2) is 21.1 Å². The first-order valence-corrected chi connectivity index (χ1v) is 5.18. The van der Waals surface area contributed by atoms with Crippen molar-refractivity contribution in [1.82, 2.24) is 0 Å². The number of hydrogen-bond acceptors (Lipinski definition) is 0. The summed E-state index contributed by atoms with van der Waals surface area (Å²) in [7, 11) is 0. The summed E-state index contributed by atoms with van der Waals surface area (Å²) >= 11 is -0.0131. The molecule has 1 heteroatoms. The summed E-state index contributed by atoms with van der Waals surface area (Å²) in [6, 6.07) is 8.77. The zero-order valence-corrected chi connectivity index (χ0v) is 6.66. The Morgan fingerprint density at radius 1 is 1.00 bits per heavy atom. The zero-order chi connectivity index (χ0) is 4.69. The second kappa shape index (κ2) is 1.25. The second-order valence-electron chi connectivity index (χ2n) is 1.67. The Balaban J connectivity index is 2.73. The first kappa shape index (κ1) is 3.95. The van der Waals surface area contributed by atoms with Gasteiger partial charge in [-0.05, 0) is 0 Å². The third kappa shape index (κ3) is 0.574. The van der Waals surface area contributed by atoms with E-state index >= 15 is 0 Å². The standard InChI is InChI=1S/C6H4.Sn/c1-2-4-6-5-3-1;/h1-4H;. The van der Waals surface area contributed by atoms with E-state index in [9.17, 15) is 0 Å². The SMILES string of the molecule is c1cc[c]2[c](c1)[Sn]2. The van der Waals surface area contributed by atoms with Crippen LogP contribution >= 0.6 is 0 Å². The molecule has 0 saturated heterocycles. The molecule has 0 aromatic heterocycles. The molecular formula is C6H4Sn. The van der Waals surface area contributed by atoms with Crippen molar-refractivity contribution in [3.63, 3.8) is 0 Å². The van der Waals surface area contributed by atoms with Crippen molar-refractivity contribution < 1.29 is 0 Å². The van der Waals surface area contributed by atoms with Crippen LogP contribution in [-0.2, 0) is 0 Å². The van der Waals surface area contributed by atoms with E-state index in [2.05, 4.69) is 24.3 Å². The first-order chi connectivity index (χ1) is 3.47. The second-order valence-corrected chi connectivity index (χ2v) is 5.46. The van der Waals surface area contributed by atoms with Crippen LogP contribution < -0.4 is 7.16 Å². The van der Waals surface area contributed by atoms with E-state index in [-0.39, 0.29) is 21.1 Å². The molecule has 0 nitrogen and oxygen atoms in total. The molecule has 0 aliphatic carbocycles. The molecule has 32 valence electrons. The molecule has 2 radical (unpaired) electrons. The fourth-order valence-electron chi connectivity index (χ4n) is 0.680. The maximum atomic E-state index is 2.25. The molecule has 1 aromatic carbocycles. The van der Waals surface area contributed by atoms with E-state index in [0.29, 0.717) is 0 Å². The predicted molar refractivity (Wildman–Crippen MR) is 31.5 cm³/mol. The molecule has 0 spiro atoms. The van der Waals surface area contributed by atoms with E-state index in [1.807, 2.05) is 0 Å².